The normalized spacial score (nSPS) is 10.3. The van der Waals surface area contributed by atoms with Gasteiger partial charge in [0.15, 0.2) is 0 Å². The molecule has 1 aromatic heterocycles. The topological polar surface area (TPSA) is 71.1 Å². The average molecular weight is 297 g/mol. The highest BCUT2D eigenvalue weighted by molar-refractivity contribution is 6.39. The van der Waals surface area contributed by atoms with Crippen LogP contribution in [0.15, 0.2) is 48.8 Å². The minimum absolute atomic E-state index is 0.261. The van der Waals surface area contributed by atoms with E-state index in [4.69, 9.17) is 0 Å². The molecule has 0 aliphatic heterocycles. The Morgan fingerprint density at radius 2 is 1.73 bits per heavy atom. The number of benzene rings is 1. The summed E-state index contributed by atoms with van der Waals surface area (Å²) in [5.41, 5.74) is 2.55. The fourth-order valence-electron chi connectivity index (χ4n) is 2.06. The number of aromatic nitrogens is 1. The fourth-order valence-corrected chi connectivity index (χ4v) is 2.06. The summed E-state index contributed by atoms with van der Waals surface area (Å²) in [7, 11) is 0. The van der Waals surface area contributed by atoms with Crippen molar-refractivity contribution in [1.29, 1.82) is 0 Å². The Morgan fingerprint density at radius 3 is 2.41 bits per heavy atom. The van der Waals surface area contributed by atoms with Gasteiger partial charge in [0.25, 0.3) is 0 Å². The molecule has 2 aromatic rings. The van der Waals surface area contributed by atoms with Crippen LogP contribution in [0.3, 0.4) is 0 Å². The molecule has 0 bridgehead atoms. The van der Waals surface area contributed by atoms with E-state index in [0.29, 0.717) is 12.2 Å². The number of anilines is 1. The molecule has 22 heavy (non-hydrogen) atoms. The summed E-state index contributed by atoms with van der Waals surface area (Å²) in [5, 5.41) is 5.25. The van der Waals surface area contributed by atoms with Crippen molar-refractivity contribution in [3.63, 3.8) is 0 Å². The molecule has 0 aliphatic carbocycles. The van der Waals surface area contributed by atoms with Crippen LogP contribution < -0.4 is 10.6 Å². The molecule has 0 aliphatic rings. The number of para-hydroxylation sites is 1. The lowest BCUT2D eigenvalue weighted by Gasteiger charge is -2.13. The summed E-state index contributed by atoms with van der Waals surface area (Å²) < 4.78 is 0. The van der Waals surface area contributed by atoms with Crippen molar-refractivity contribution < 1.29 is 9.59 Å². The summed E-state index contributed by atoms with van der Waals surface area (Å²) in [4.78, 5) is 27.7. The van der Waals surface area contributed by atoms with E-state index in [1.165, 1.54) is 0 Å². The lowest BCUT2D eigenvalue weighted by Crippen LogP contribution is -2.35. The van der Waals surface area contributed by atoms with Gasteiger partial charge in [-0.3, -0.25) is 14.6 Å². The van der Waals surface area contributed by atoms with E-state index >= 15 is 0 Å². The second kappa shape index (κ2) is 7.36. The van der Waals surface area contributed by atoms with Crippen molar-refractivity contribution in [2.24, 2.45) is 0 Å². The molecule has 0 saturated heterocycles. The Bertz CT molecular complexity index is 654. The molecule has 0 unspecified atom stereocenters. The van der Waals surface area contributed by atoms with Gasteiger partial charge < -0.3 is 10.6 Å². The van der Waals surface area contributed by atoms with Crippen molar-refractivity contribution in [3.05, 3.63) is 59.9 Å². The maximum Gasteiger partial charge on any atom is 0.313 e. The Balaban J connectivity index is 1.96. The summed E-state index contributed by atoms with van der Waals surface area (Å²) in [5.74, 6) is -1.06. The number of carbonyl (C=O) groups excluding carboxylic acids is 2. The summed E-state index contributed by atoms with van der Waals surface area (Å²) in [6.45, 7) is 4.36. The van der Waals surface area contributed by atoms with Gasteiger partial charge in [-0.25, -0.2) is 0 Å². The second-order valence-electron chi connectivity index (χ2n) is 5.23. The summed E-state index contributed by atoms with van der Waals surface area (Å²) in [6, 6.07) is 11.0. The van der Waals surface area contributed by atoms with E-state index in [-0.39, 0.29) is 5.92 Å². The van der Waals surface area contributed by atoms with Gasteiger partial charge in [0.1, 0.15) is 0 Å². The van der Waals surface area contributed by atoms with E-state index in [0.717, 1.165) is 11.1 Å². The predicted molar refractivity (Wildman–Crippen MR) is 85.2 cm³/mol. The Hall–Kier alpha value is -2.69. The Labute approximate surface area is 129 Å². The Kier molecular flexibility index (Phi) is 5.25. The van der Waals surface area contributed by atoms with Gasteiger partial charge in [-0.2, -0.15) is 0 Å². The molecule has 114 valence electrons. The molecule has 2 rings (SSSR count). The number of amides is 2. The zero-order chi connectivity index (χ0) is 15.9. The van der Waals surface area contributed by atoms with Crippen LogP contribution in [0, 0.1) is 0 Å². The molecular formula is C17H19N3O2. The first kappa shape index (κ1) is 15.7. The van der Waals surface area contributed by atoms with Gasteiger partial charge in [-0.15, -0.1) is 0 Å². The third kappa shape index (κ3) is 4.15. The number of rotatable bonds is 4. The van der Waals surface area contributed by atoms with Crippen LogP contribution in [-0.4, -0.2) is 16.8 Å². The van der Waals surface area contributed by atoms with E-state index in [1.54, 1.807) is 30.6 Å². The smallest absolute Gasteiger partial charge is 0.313 e. The van der Waals surface area contributed by atoms with Crippen molar-refractivity contribution >= 4 is 17.5 Å². The van der Waals surface area contributed by atoms with Crippen molar-refractivity contribution in [3.8, 4) is 0 Å². The minimum Gasteiger partial charge on any atom is -0.344 e. The Morgan fingerprint density at radius 1 is 1.05 bits per heavy atom. The highest BCUT2D eigenvalue weighted by atomic mass is 16.2. The second-order valence-corrected chi connectivity index (χ2v) is 5.23. The highest BCUT2D eigenvalue weighted by Gasteiger charge is 2.15. The molecule has 0 spiro atoms. The minimum atomic E-state index is -0.665. The highest BCUT2D eigenvalue weighted by Crippen LogP contribution is 2.23. The zero-order valence-electron chi connectivity index (χ0n) is 12.7. The molecule has 0 fully saturated rings. The third-order valence-corrected chi connectivity index (χ3v) is 3.24. The number of hydrogen-bond donors (Lipinski definition) is 2. The molecule has 0 atom stereocenters. The summed E-state index contributed by atoms with van der Waals surface area (Å²) >= 11 is 0. The third-order valence-electron chi connectivity index (χ3n) is 3.24. The van der Waals surface area contributed by atoms with Crippen LogP contribution in [0.1, 0.15) is 30.9 Å². The molecule has 0 saturated carbocycles. The quantitative estimate of drug-likeness (QED) is 0.852. The molecule has 1 heterocycles. The largest absolute Gasteiger partial charge is 0.344 e. The van der Waals surface area contributed by atoms with Crippen molar-refractivity contribution in [2.45, 2.75) is 26.3 Å². The van der Waals surface area contributed by atoms with Gasteiger partial charge in [0.2, 0.25) is 0 Å². The molecule has 5 heteroatoms. The fraction of sp³-hybridized carbons (Fsp3) is 0.235. The lowest BCUT2D eigenvalue weighted by atomic mass is 10.0. The van der Waals surface area contributed by atoms with Crippen LogP contribution in [0.25, 0.3) is 0 Å². The van der Waals surface area contributed by atoms with Crippen LogP contribution in [0.5, 0.6) is 0 Å². The number of carbonyl (C=O) groups is 2. The SMILES string of the molecule is CC(C)c1ccccc1NC(=O)C(=O)NCc1ccncc1. The first-order chi connectivity index (χ1) is 10.6. The van der Waals surface area contributed by atoms with Crippen LogP contribution in [-0.2, 0) is 16.1 Å². The maximum atomic E-state index is 12.0. The van der Waals surface area contributed by atoms with Crippen LogP contribution in [0.4, 0.5) is 5.69 Å². The number of nitrogens with one attached hydrogen (secondary N) is 2. The number of hydrogen-bond acceptors (Lipinski definition) is 3. The van der Waals surface area contributed by atoms with Gasteiger partial charge in [-0.05, 0) is 35.2 Å². The van der Waals surface area contributed by atoms with Gasteiger partial charge in [-0.1, -0.05) is 32.0 Å². The standard InChI is InChI=1S/C17H19N3O2/c1-12(2)14-5-3-4-6-15(14)20-17(22)16(21)19-11-13-7-9-18-10-8-13/h3-10,12H,11H2,1-2H3,(H,19,21)(H,20,22). The molecule has 5 nitrogen and oxygen atoms in total. The molecule has 0 radical (unpaired) electrons. The van der Waals surface area contributed by atoms with E-state index < -0.39 is 11.8 Å². The lowest BCUT2D eigenvalue weighted by molar-refractivity contribution is -0.136. The maximum absolute atomic E-state index is 12.0. The van der Waals surface area contributed by atoms with Gasteiger partial charge >= 0.3 is 11.8 Å². The van der Waals surface area contributed by atoms with Gasteiger partial charge in [0.05, 0.1) is 0 Å². The van der Waals surface area contributed by atoms with E-state index in [9.17, 15) is 9.59 Å². The zero-order valence-corrected chi connectivity index (χ0v) is 12.7. The van der Waals surface area contributed by atoms with Gasteiger partial charge in [0, 0.05) is 24.6 Å². The summed E-state index contributed by atoms with van der Waals surface area (Å²) in [6.07, 6.45) is 3.28. The molecule has 1 aromatic carbocycles. The first-order valence-corrected chi connectivity index (χ1v) is 7.15. The van der Waals surface area contributed by atoms with Crippen LogP contribution in [0.2, 0.25) is 0 Å². The number of nitrogens with zero attached hydrogens (tertiary/aromatic N) is 1. The first-order valence-electron chi connectivity index (χ1n) is 7.15. The van der Waals surface area contributed by atoms with Crippen molar-refractivity contribution in [2.75, 3.05) is 5.32 Å². The predicted octanol–water partition coefficient (Wildman–Crippen LogP) is 2.46. The molecule has 2 amide bonds. The van der Waals surface area contributed by atoms with E-state index in [1.807, 2.05) is 32.0 Å². The van der Waals surface area contributed by atoms with Crippen LogP contribution >= 0.6 is 0 Å². The monoisotopic (exact) mass is 297 g/mol. The average Bonchev–Trinajstić information content (AvgIpc) is 2.53. The molecule has 2 N–H and O–H groups in total. The van der Waals surface area contributed by atoms with E-state index in [2.05, 4.69) is 15.6 Å². The van der Waals surface area contributed by atoms with Crippen molar-refractivity contribution in [1.82, 2.24) is 10.3 Å². The molecular weight excluding hydrogens is 278 g/mol. The number of pyridine rings is 1.